The molecule has 0 saturated heterocycles. The summed E-state index contributed by atoms with van der Waals surface area (Å²) < 4.78 is 26.7. The van der Waals surface area contributed by atoms with E-state index in [0.717, 1.165) is 25.7 Å². The van der Waals surface area contributed by atoms with Crippen molar-refractivity contribution in [2.24, 2.45) is 0 Å². The Bertz CT molecular complexity index is 365. The summed E-state index contributed by atoms with van der Waals surface area (Å²) >= 11 is 0. The zero-order chi connectivity index (χ0) is 11.5. The van der Waals surface area contributed by atoms with Crippen LogP contribution in [0.5, 0.6) is 0 Å². The van der Waals surface area contributed by atoms with Crippen LogP contribution < -0.4 is 5.32 Å². The van der Waals surface area contributed by atoms with E-state index in [1.807, 2.05) is 7.05 Å². The minimum Gasteiger partial charge on any atom is -0.317 e. The molecule has 88 valence electrons. The van der Waals surface area contributed by atoms with Crippen molar-refractivity contribution in [3.8, 4) is 0 Å². The van der Waals surface area contributed by atoms with Crippen molar-refractivity contribution in [2.75, 3.05) is 7.05 Å². The summed E-state index contributed by atoms with van der Waals surface area (Å²) in [4.78, 5) is 0. The standard InChI is InChI=1S/C13H17F2N/c1-16-10-5-2-4-9(8-10)11-6-3-7-12(14)13(11)15/h3,6-7,9-10,16H,2,4-5,8H2,1H3. The van der Waals surface area contributed by atoms with E-state index in [1.165, 1.54) is 6.07 Å². The number of nitrogens with one attached hydrogen (secondary N) is 1. The fourth-order valence-corrected chi connectivity index (χ4v) is 2.57. The average Bonchev–Trinajstić information content (AvgIpc) is 2.33. The number of rotatable bonds is 2. The van der Waals surface area contributed by atoms with Gasteiger partial charge in [0, 0.05) is 6.04 Å². The van der Waals surface area contributed by atoms with Crippen molar-refractivity contribution in [1.82, 2.24) is 5.32 Å². The highest BCUT2D eigenvalue weighted by molar-refractivity contribution is 5.23. The molecule has 2 atom stereocenters. The third-order valence-electron chi connectivity index (χ3n) is 3.50. The van der Waals surface area contributed by atoms with Crippen LogP contribution in [0, 0.1) is 11.6 Å². The molecule has 1 fully saturated rings. The lowest BCUT2D eigenvalue weighted by molar-refractivity contribution is 0.346. The summed E-state index contributed by atoms with van der Waals surface area (Å²) in [6.07, 6.45) is 4.06. The zero-order valence-corrected chi connectivity index (χ0v) is 9.47. The second-order valence-electron chi connectivity index (χ2n) is 4.49. The molecule has 16 heavy (non-hydrogen) atoms. The molecule has 0 spiro atoms. The first-order valence-corrected chi connectivity index (χ1v) is 5.83. The monoisotopic (exact) mass is 225 g/mol. The van der Waals surface area contributed by atoms with Crippen LogP contribution >= 0.6 is 0 Å². The van der Waals surface area contributed by atoms with E-state index in [-0.39, 0.29) is 5.92 Å². The van der Waals surface area contributed by atoms with E-state index in [9.17, 15) is 8.78 Å². The molecule has 2 unspecified atom stereocenters. The van der Waals surface area contributed by atoms with Gasteiger partial charge in [0.15, 0.2) is 11.6 Å². The van der Waals surface area contributed by atoms with Crippen LogP contribution in [-0.2, 0) is 0 Å². The molecule has 1 N–H and O–H groups in total. The summed E-state index contributed by atoms with van der Waals surface area (Å²) in [5, 5.41) is 3.22. The van der Waals surface area contributed by atoms with E-state index < -0.39 is 11.6 Å². The molecule has 1 saturated carbocycles. The van der Waals surface area contributed by atoms with Gasteiger partial charge in [-0.15, -0.1) is 0 Å². The molecule has 0 radical (unpaired) electrons. The maximum Gasteiger partial charge on any atom is 0.162 e. The highest BCUT2D eigenvalue weighted by Gasteiger charge is 2.25. The third-order valence-corrected chi connectivity index (χ3v) is 3.50. The molecule has 3 heteroatoms. The van der Waals surface area contributed by atoms with Gasteiger partial charge in [0.25, 0.3) is 0 Å². The van der Waals surface area contributed by atoms with Gasteiger partial charge in [0.05, 0.1) is 0 Å². The molecule has 0 aliphatic heterocycles. The SMILES string of the molecule is CNC1CCCC(c2cccc(F)c2F)C1. The third kappa shape index (κ3) is 2.24. The minimum absolute atomic E-state index is 0.155. The summed E-state index contributed by atoms with van der Waals surface area (Å²) in [7, 11) is 1.93. The molecule has 0 aromatic heterocycles. The topological polar surface area (TPSA) is 12.0 Å². The Kier molecular flexibility index (Phi) is 3.54. The van der Waals surface area contributed by atoms with Crippen LogP contribution in [0.1, 0.15) is 37.2 Å². The van der Waals surface area contributed by atoms with Gasteiger partial charge < -0.3 is 5.32 Å². The Balaban J connectivity index is 2.20. The number of hydrogen-bond donors (Lipinski definition) is 1. The van der Waals surface area contributed by atoms with Gasteiger partial charge in [-0.1, -0.05) is 18.6 Å². The van der Waals surface area contributed by atoms with Gasteiger partial charge in [0.1, 0.15) is 0 Å². The van der Waals surface area contributed by atoms with Crippen LogP contribution in [0.25, 0.3) is 0 Å². The normalized spacial score (nSPS) is 25.7. The maximum absolute atomic E-state index is 13.6. The van der Waals surface area contributed by atoms with Crippen molar-refractivity contribution >= 4 is 0 Å². The minimum atomic E-state index is -0.732. The van der Waals surface area contributed by atoms with Gasteiger partial charge >= 0.3 is 0 Å². The lowest BCUT2D eigenvalue weighted by Crippen LogP contribution is -2.30. The summed E-state index contributed by atoms with van der Waals surface area (Å²) in [5.41, 5.74) is 0.542. The van der Waals surface area contributed by atoms with Crippen molar-refractivity contribution in [1.29, 1.82) is 0 Å². The Morgan fingerprint density at radius 1 is 1.25 bits per heavy atom. The summed E-state index contributed by atoms with van der Waals surface area (Å²) in [6.45, 7) is 0. The molecule has 1 nitrogen and oxygen atoms in total. The second-order valence-corrected chi connectivity index (χ2v) is 4.49. The van der Waals surface area contributed by atoms with E-state index in [2.05, 4.69) is 5.32 Å². The zero-order valence-electron chi connectivity index (χ0n) is 9.47. The molecule has 0 bridgehead atoms. The first-order chi connectivity index (χ1) is 7.72. The number of benzene rings is 1. The van der Waals surface area contributed by atoms with Gasteiger partial charge in [-0.2, -0.15) is 0 Å². The van der Waals surface area contributed by atoms with E-state index in [1.54, 1.807) is 12.1 Å². The fourth-order valence-electron chi connectivity index (χ4n) is 2.57. The molecule has 0 heterocycles. The van der Waals surface area contributed by atoms with Gasteiger partial charge in [-0.05, 0) is 43.9 Å². The predicted octanol–water partition coefficient (Wildman–Crippen LogP) is 3.21. The molecule has 1 aromatic rings. The van der Waals surface area contributed by atoms with Crippen molar-refractivity contribution in [3.63, 3.8) is 0 Å². The average molecular weight is 225 g/mol. The lowest BCUT2D eigenvalue weighted by atomic mass is 9.81. The molecule has 0 amide bonds. The Morgan fingerprint density at radius 2 is 2.06 bits per heavy atom. The smallest absolute Gasteiger partial charge is 0.162 e. The highest BCUT2D eigenvalue weighted by Crippen LogP contribution is 2.34. The van der Waals surface area contributed by atoms with Gasteiger partial charge in [0.2, 0.25) is 0 Å². The van der Waals surface area contributed by atoms with Crippen molar-refractivity contribution < 1.29 is 8.78 Å². The largest absolute Gasteiger partial charge is 0.317 e. The van der Waals surface area contributed by atoms with Gasteiger partial charge in [-0.25, -0.2) is 8.78 Å². The second kappa shape index (κ2) is 4.91. The number of hydrogen-bond acceptors (Lipinski definition) is 1. The van der Waals surface area contributed by atoms with E-state index in [0.29, 0.717) is 11.6 Å². The molecule has 1 aliphatic carbocycles. The van der Waals surface area contributed by atoms with E-state index >= 15 is 0 Å². The summed E-state index contributed by atoms with van der Waals surface area (Å²) in [6, 6.07) is 4.91. The Hall–Kier alpha value is -0.960. The maximum atomic E-state index is 13.6. The van der Waals surface area contributed by atoms with Crippen LogP contribution in [0.2, 0.25) is 0 Å². The van der Waals surface area contributed by atoms with Crippen molar-refractivity contribution in [2.45, 2.75) is 37.6 Å². The molecular weight excluding hydrogens is 208 g/mol. The highest BCUT2D eigenvalue weighted by atomic mass is 19.2. The van der Waals surface area contributed by atoms with Gasteiger partial charge in [-0.3, -0.25) is 0 Å². The van der Waals surface area contributed by atoms with Crippen LogP contribution in [0.4, 0.5) is 8.78 Å². The molecule has 1 aromatic carbocycles. The quantitative estimate of drug-likeness (QED) is 0.815. The summed E-state index contributed by atoms with van der Waals surface area (Å²) in [5.74, 6) is -1.24. The van der Waals surface area contributed by atoms with Crippen LogP contribution in [-0.4, -0.2) is 13.1 Å². The van der Waals surface area contributed by atoms with Crippen molar-refractivity contribution in [3.05, 3.63) is 35.4 Å². The molecular formula is C13H17F2N. The molecule has 2 rings (SSSR count). The Labute approximate surface area is 94.9 Å². The van der Waals surface area contributed by atoms with Crippen LogP contribution in [0.3, 0.4) is 0 Å². The fraction of sp³-hybridized carbons (Fsp3) is 0.538. The van der Waals surface area contributed by atoms with E-state index in [4.69, 9.17) is 0 Å². The molecule has 1 aliphatic rings. The Morgan fingerprint density at radius 3 is 2.81 bits per heavy atom. The number of halogens is 2. The lowest BCUT2D eigenvalue weighted by Gasteiger charge is -2.29. The van der Waals surface area contributed by atoms with Crippen LogP contribution in [0.15, 0.2) is 18.2 Å². The first-order valence-electron chi connectivity index (χ1n) is 5.83. The first kappa shape index (κ1) is 11.5. The predicted molar refractivity (Wildman–Crippen MR) is 60.4 cm³/mol.